The lowest BCUT2D eigenvalue weighted by molar-refractivity contribution is 0.0417. The van der Waals surface area contributed by atoms with Crippen LogP contribution in [0.2, 0.25) is 0 Å². The third-order valence-corrected chi connectivity index (χ3v) is 11.6. The summed E-state index contributed by atoms with van der Waals surface area (Å²) < 4.78 is 27.5. The zero-order valence-corrected chi connectivity index (χ0v) is 44.2. The Hall–Kier alpha value is -5.14. The number of hydrogen-bond acceptors (Lipinski definition) is 10. The lowest BCUT2D eigenvalue weighted by Crippen LogP contribution is -2.50. The van der Waals surface area contributed by atoms with Crippen LogP contribution in [-0.2, 0) is 39.9 Å². The molecule has 1 fully saturated rings. The first-order valence-corrected chi connectivity index (χ1v) is 25.2. The summed E-state index contributed by atoms with van der Waals surface area (Å²) in [6.45, 7) is 26.9. The smallest absolute Gasteiger partial charge is 0.407 e. The Labute approximate surface area is 419 Å². The van der Waals surface area contributed by atoms with Crippen LogP contribution >= 0.6 is 0 Å². The molecule has 0 radical (unpaired) electrons. The van der Waals surface area contributed by atoms with Crippen molar-refractivity contribution in [3.63, 3.8) is 0 Å². The number of aliphatic hydroxyl groups is 1. The molecule has 3 aliphatic rings. The molecule has 0 aromatic heterocycles. The second kappa shape index (κ2) is 24.8. The molecule has 2 amide bonds. The summed E-state index contributed by atoms with van der Waals surface area (Å²) in [5.41, 5.74) is 12.7. The van der Waals surface area contributed by atoms with Gasteiger partial charge in [-0.1, -0.05) is 126 Å². The molecule has 70 heavy (non-hydrogen) atoms. The average molecular weight is 965 g/mol. The molecule has 5 unspecified atom stereocenters. The van der Waals surface area contributed by atoms with Crippen LogP contribution < -0.4 is 31.2 Å². The van der Waals surface area contributed by atoms with Gasteiger partial charge >= 0.3 is 12.2 Å². The van der Waals surface area contributed by atoms with Gasteiger partial charge in [-0.2, -0.15) is 0 Å². The number of ether oxygens (including phenoxy) is 5. The Kier molecular flexibility index (Phi) is 19.8. The molecule has 12 nitrogen and oxygen atoms in total. The first-order valence-electron chi connectivity index (χ1n) is 25.2. The average Bonchev–Trinajstić information content (AvgIpc) is 4.11. The molecule has 6 N–H and O–H groups in total. The molecule has 3 heterocycles. The molecule has 0 bridgehead atoms. The summed E-state index contributed by atoms with van der Waals surface area (Å²) in [4.78, 5) is 24.3. The van der Waals surface area contributed by atoms with Crippen molar-refractivity contribution in [2.24, 2.45) is 16.6 Å². The molecule has 4 aromatic carbocycles. The minimum absolute atomic E-state index is 0.0303. The predicted octanol–water partition coefficient (Wildman–Crippen LogP) is 10.8. The Morgan fingerprint density at radius 3 is 1.61 bits per heavy atom. The molecular formula is C58H84N4O8. The lowest BCUT2D eigenvalue weighted by Gasteiger charge is -2.31. The van der Waals surface area contributed by atoms with E-state index in [9.17, 15) is 14.7 Å². The number of hydrogen-bond donors (Lipinski definition) is 5. The first-order chi connectivity index (χ1) is 32.8. The number of epoxide rings is 1. The normalized spacial score (nSPS) is 18.7. The van der Waals surface area contributed by atoms with Gasteiger partial charge in [0.05, 0.1) is 38.0 Å². The minimum atomic E-state index is -0.799. The van der Waals surface area contributed by atoms with Gasteiger partial charge in [-0.3, -0.25) is 0 Å². The molecule has 1 saturated heterocycles. The molecular weight excluding hydrogens is 881 g/mol. The number of rotatable bonds is 13. The van der Waals surface area contributed by atoms with E-state index in [1.165, 1.54) is 22.3 Å². The zero-order chi connectivity index (χ0) is 51.3. The van der Waals surface area contributed by atoms with Crippen LogP contribution in [0.5, 0.6) is 11.5 Å². The topological polar surface area (TPSA) is 166 Å². The fraction of sp³-hybridized carbons (Fsp3) is 0.552. The molecule has 7 rings (SSSR count). The van der Waals surface area contributed by atoms with E-state index in [0.29, 0.717) is 31.6 Å². The maximum absolute atomic E-state index is 12.5. The SMILES string of the molecule is CC(C)(C)Cc1ccc2c(c1)C(NCC(O)C(Cc1ccccc1)NC(=O)OC(C)(C)C)CCO2.CC(C)(C)Cc1ccc2c(c1)[C@@H](N)CCO2.CC(C)(C)OC(=O)NC(Cc1ccccc1)C1CO1. The zero-order valence-electron chi connectivity index (χ0n) is 44.2. The Balaban J connectivity index is 0.000000218. The maximum atomic E-state index is 12.5. The van der Waals surface area contributed by atoms with E-state index in [2.05, 4.69) is 93.9 Å². The monoisotopic (exact) mass is 965 g/mol. The van der Waals surface area contributed by atoms with E-state index < -0.39 is 29.4 Å². The molecule has 12 heteroatoms. The van der Waals surface area contributed by atoms with Gasteiger partial charge in [0.1, 0.15) is 28.8 Å². The molecule has 3 aliphatic heterocycles. The number of alkyl carbamates (subject to hydrolysis) is 2. The Morgan fingerprint density at radius 1 is 0.643 bits per heavy atom. The quantitative estimate of drug-likeness (QED) is 0.0814. The summed E-state index contributed by atoms with van der Waals surface area (Å²) in [7, 11) is 0. The van der Waals surface area contributed by atoms with Crippen molar-refractivity contribution in [2.45, 2.75) is 169 Å². The number of nitrogens with one attached hydrogen (secondary N) is 3. The lowest BCUT2D eigenvalue weighted by atomic mass is 9.86. The van der Waals surface area contributed by atoms with Crippen molar-refractivity contribution < 1.29 is 38.4 Å². The van der Waals surface area contributed by atoms with Crippen LogP contribution in [0, 0.1) is 10.8 Å². The van der Waals surface area contributed by atoms with Crippen molar-refractivity contribution in [3.8, 4) is 11.5 Å². The number of nitrogens with two attached hydrogens (primary N) is 1. The fourth-order valence-electron chi connectivity index (χ4n) is 8.48. The van der Waals surface area contributed by atoms with Gasteiger partial charge in [-0.15, -0.1) is 0 Å². The van der Waals surface area contributed by atoms with Crippen molar-refractivity contribution in [2.75, 3.05) is 26.4 Å². The van der Waals surface area contributed by atoms with Crippen LogP contribution in [0.4, 0.5) is 9.59 Å². The third-order valence-electron chi connectivity index (χ3n) is 11.6. The second-order valence-corrected chi connectivity index (χ2v) is 23.4. The standard InChI is InChI=1S/C29H42N2O4.C15H21NO3.C14H21NO/c1-28(2,3)18-21-12-13-26-22(16-21)23(14-15-34-26)30-19-25(32)24(17-20-10-8-7-9-11-20)31-27(33)35-29(4,5)6;1-15(2,3)19-14(17)16-12(13-10-18-13)9-11-7-5-4-6-8-11;1-14(2,3)9-10-4-5-13-11(8-10)12(15)6-7-16-13/h7-13,16,23-25,30,32H,14-15,17-19H2,1-6H3,(H,31,33);4-8,12-13H,9-10H2,1-3H3,(H,16,17);4-5,8,12H,6-7,9,15H2,1-3H3/t;;12-/m..0/s1. The third kappa shape index (κ3) is 20.3. The fourth-order valence-corrected chi connectivity index (χ4v) is 8.48. The van der Waals surface area contributed by atoms with Crippen molar-refractivity contribution in [3.05, 3.63) is 130 Å². The van der Waals surface area contributed by atoms with Crippen LogP contribution in [0.1, 0.15) is 141 Å². The maximum Gasteiger partial charge on any atom is 0.407 e. The Morgan fingerprint density at radius 2 is 1.11 bits per heavy atom. The number of fused-ring (bicyclic) bond motifs is 2. The molecule has 0 spiro atoms. The van der Waals surface area contributed by atoms with Crippen molar-refractivity contribution >= 4 is 12.2 Å². The van der Waals surface area contributed by atoms with E-state index in [4.69, 9.17) is 29.4 Å². The van der Waals surface area contributed by atoms with Gasteiger partial charge in [0.15, 0.2) is 0 Å². The highest BCUT2D eigenvalue weighted by Gasteiger charge is 2.35. The number of amides is 2. The van der Waals surface area contributed by atoms with Gasteiger partial charge in [0, 0.05) is 42.6 Å². The highest BCUT2D eigenvalue weighted by molar-refractivity contribution is 5.68. The van der Waals surface area contributed by atoms with E-state index in [1.54, 1.807) is 0 Å². The highest BCUT2D eigenvalue weighted by atomic mass is 16.6. The molecule has 0 saturated carbocycles. The Bertz CT molecular complexity index is 2240. The molecule has 0 aliphatic carbocycles. The van der Waals surface area contributed by atoms with E-state index in [-0.39, 0.29) is 35.7 Å². The van der Waals surface area contributed by atoms with Crippen LogP contribution in [0.3, 0.4) is 0 Å². The van der Waals surface area contributed by atoms with Gasteiger partial charge in [-0.05, 0) is 112 Å². The number of carbonyl (C=O) groups is 2. The van der Waals surface area contributed by atoms with Gasteiger partial charge in [0.25, 0.3) is 0 Å². The summed E-state index contributed by atoms with van der Waals surface area (Å²) in [6, 6.07) is 32.5. The van der Waals surface area contributed by atoms with Crippen LogP contribution in [-0.4, -0.2) is 79.2 Å². The minimum Gasteiger partial charge on any atom is -0.493 e. The summed E-state index contributed by atoms with van der Waals surface area (Å²) in [6.07, 6.45) is 3.45. The van der Waals surface area contributed by atoms with E-state index >= 15 is 0 Å². The predicted molar refractivity (Wildman–Crippen MR) is 279 cm³/mol. The summed E-state index contributed by atoms with van der Waals surface area (Å²) >= 11 is 0. The first kappa shape index (κ1) is 55.8. The number of aliphatic hydroxyl groups excluding tert-OH is 1. The number of carbonyl (C=O) groups excluding carboxylic acids is 2. The van der Waals surface area contributed by atoms with Crippen molar-refractivity contribution in [1.29, 1.82) is 0 Å². The highest BCUT2D eigenvalue weighted by Crippen LogP contribution is 2.35. The summed E-state index contributed by atoms with van der Waals surface area (Å²) in [5.74, 6) is 1.87. The number of benzene rings is 4. The van der Waals surface area contributed by atoms with Gasteiger partial charge in [0.2, 0.25) is 0 Å². The second-order valence-electron chi connectivity index (χ2n) is 23.4. The van der Waals surface area contributed by atoms with Gasteiger partial charge < -0.3 is 50.5 Å². The van der Waals surface area contributed by atoms with Crippen molar-refractivity contribution in [1.82, 2.24) is 16.0 Å². The summed E-state index contributed by atoms with van der Waals surface area (Å²) in [5, 5.41) is 20.5. The van der Waals surface area contributed by atoms with E-state index in [0.717, 1.165) is 61.3 Å². The van der Waals surface area contributed by atoms with Crippen LogP contribution in [0.15, 0.2) is 97.1 Å². The molecule has 4 aromatic rings. The van der Waals surface area contributed by atoms with Gasteiger partial charge in [-0.25, -0.2) is 9.59 Å². The van der Waals surface area contributed by atoms with E-state index in [1.807, 2.05) is 102 Å². The molecule has 384 valence electrons. The largest absolute Gasteiger partial charge is 0.493 e. The van der Waals surface area contributed by atoms with Crippen LogP contribution in [0.25, 0.3) is 0 Å². The molecule has 6 atom stereocenters.